The number of ether oxygens (including phenoxy) is 1. The third-order valence-corrected chi connectivity index (χ3v) is 5.73. The highest BCUT2D eigenvalue weighted by atomic mass is 79.9. The summed E-state index contributed by atoms with van der Waals surface area (Å²) in [5.74, 6) is 0.168. The van der Waals surface area contributed by atoms with Crippen LogP contribution in [0.3, 0.4) is 0 Å². The molecular weight excluding hydrogens is 436 g/mol. The van der Waals surface area contributed by atoms with Crippen molar-refractivity contribution < 1.29 is 18.8 Å². The first-order valence-electron chi connectivity index (χ1n) is 9.53. The second-order valence-corrected chi connectivity index (χ2v) is 8.09. The highest BCUT2D eigenvalue weighted by molar-refractivity contribution is 9.10. The van der Waals surface area contributed by atoms with Crippen molar-refractivity contribution in [3.8, 4) is 5.75 Å². The van der Waals surface area contributed by atoms with Crippen LogP contribution < -0.4 is 15.3 Å². The SMILES string of the molecule is COc1cc(Br)cc2cc(C(=O)N3CC[NH+](Cc4ccccc4)CC3)c(=O)oc12. The lowest BCUT2D eigenvalue weighted by Gasteiger charge is -2.32. The van der Waals surface area contributed by atoms with E-state index in [2.05, 4.69) is 28.1 Å². The first kappa shape index (κ1) is 19.7. The van der Waals surface area contributed by atoms with Gasteiger partial charge in [-0.05, 0) is 18.2 Å². The standard InChI is InChI=1S/C22H21BrN2O4/c1-28-19-13-17(23)11-16-12-18(22(27)29-20(16)19)21(26)25-9-7-24(8-10-25)14-15-5-3-2-4-6-15/h2-6,11-13H,7-10,14H2,1H3/p+1. The monoisotopic (exact) mass is 457 g/mol. The number of nitrogens with one attached hydrogen (secondary N) is 1. The molecule has 0 bridgehead atoms. The van der Waals surface area contributed by atoms with Gasteiger partial charge in [0.25, 0.3) is 5.91 Å². The van der Waals surface area contributed by atoms with Crippen LogP contribution in [0.4, 0.5) is 0 Å². The van der Waals surface area contributed by atoms with Gasteiger partial charge in [-0.1, -0.05) is 46.3 Å². The van der Waals surface area contributed by atoms with Crippen LogP contribution in [0, 0.1) is 0 Å². The van der Waals surface area contributed by atoms with E-state index >= 15 is 0 Å². The van der Waals surface area contributed by atoms with Crippen LogP contribution in [0.5, 0.6) is 5.75 Å². The van der Waals surface area contributed by atoms with Gasteiger partial charge in [0, 0.05) is 15.4 Å². The van der Waals surface area contributed by atoms with Crippen LogP contribution in [0.15, 0.2) is 62.2 Å². The molecule has 29 heavy (non-hydrogen) atoms. The quantitative estimate of drug-likeness (QED) is 0.609. The normalized spacial score (nSPS) is 14.9. The van der Waals surface area contributed by atoms with Gasteiger partial charge in [0.1, 0.15) is 12.1 Å². The molecule has 0 unspecified atom stereocenters. The number of rotatable bonds is 4. The minimum absolute atomic E-state index is 0.0594. The number of hydrogen-bond donors (Lipinski definition) is 1. The molecule has 1 fully saturated rings. The Hall–Kier alpha value is -2.64. The number of nitrogens with zero attached hydrogens (tertiary/aromatic N) is 1. The predicted molar refractivity (Wildman–Crippen MR) is 113 cm³/mol. The Kier molecular flexibility index (Phi) is 5.69. The number of carbonyl (C=O) groups is 1. The van der Waals surface area contributed by atoms with Gasteiger partial charge in [-0.15, -0.1) is 0 Å². The van der Waals surface area contributed by atoms with Crippen molar-refractivity contribution in [3.63, 3.8) is 0 Å². The number of amides is 1. The molecule has 3 aromatic rings. The second kappa shape index (κ2) is 8.39. The van der Waals surface area contributed by atoms with E-state index in [0.29, 0.717) is 29.8 Å². The average molecular weight is 458 g/mol. The van der Waals surface area contributed by atoms with Crippen LogP contribution in [0.25, 0.3) is 11.0 Å². The van der Waals surface area contributed by atoms with Crippen LogP contribution in [-0.4, -0.2) is 44.1 Å². The number of quaternary nitrogens is 1. The van der Waals surface area contributed by atoms with E-state index in [9.17, 15) is 9.59 Å². The van der Waals surface area contributed by atoms with Gasteiger partial charge in [-0.3, -0.25) is 4.79 Å². The van der Waals surface area contributed by atoms with Gasteiger partial charge < -0.3 is 19.0 Å². The van der Waals surface area contributed by atoms with E-state index in [1.54, 1.807) is 23.1 Å². The summed E-state index contributed by atoms with van der Waals surface area (Å²) in [6.45, 7) is 3.85. The molecule has 1 aromatic heterocycles. The lowest BCUT2D eigenvalue weighted by molar-refractivity contribution is -0.917. The van der Waals surface area contributed by atoms with Crippen LogP contribution in [-0.2, 0) is 6.54 Å². The zero-order valence-electron chi connectivity index (χ0n) is 16.1. The summed E-state index contributed by atoms with van der Waals surface area (Å²) in [5, 5.41) is 0.646. The van der Waals surface area contributed by atoms with Crippen molar-refractivity contribution >= 4 is 32.8 Å². The minimum Gasteiger partial charge on any atom is -0.493 e. The van der Waals surface area contributed by atoms with E-state index in [4.69, 9.17) is 9.15 Å². The molecule has 0 spiro atoms. The van der Waals surface area contributed by atoms with E-state index < -0.39 is 5.63 Å². The number of benzene rings is 2. The Morgan fingerprint density at radius 2 is 1.90 bits per heavy atom. The maximum absolute atomic E-state index is 13.0. The van der Waals surface area contributed by atoms with Crippen molar-refractivity contribution in [1.29, 1.82) is 0 Å². The van der Waals surface area contributed by atoms with Crippen molar-refractivity contribution in [2.24, 2.45) is 0 Å². The molecule has 1 aliphatic heterocycles. The molecule has 1 N–H and O–H groups in total. The lowest BCUT2D eigenvalue weighted by Crippen LogP contribution is -3.13. The van der Waals surface area contributed by atoms with Crippen LogP contribution in [0.2, 0.25) is 0 Å². The van der Waals surface area contributed by atoms with Gasteiger partial charge in [0.15, 0.2) is 11.3 Å². The first-order valence-corrected chi connectivity index (χ1v) is 10.3. The summed E-state index contributed by atoms with van der Waals surface area (Å²) in [6.07, 6.45) is 0. The summed E-state index contributed by atoms with van der Waals surface area (Å²) in [6, 6.07) is 15.5. The molecule has 7 heteroatoms. The fraction of sp³-hybridized carbons (Fsp3) is 0.273. The third-order valence-electron chi connectivity index (χ3n) is 5.27. The molecule has 1 amide bonds. The maximum Gasteiger partial charge on any atom is 0.349 e. The molecule has 0 aliphatic carbocycles. The second-order valence-electron chi connectivity index (χ2n) is 7.18. The van der Waals surface area contributed by atoms with Gasteiger partial charge in [-0.25, -0.2) is 4.79 Å². The van der Waals surface area contributed by atoms with Crippen LogP contribution >= 0.6 is 15.9 Å². The molecule has 0 radical (unpaired) electrons. The molecular formula is C22H22BrN2O4+. The number of hydrogen-bond acceptors (Lipinski definition) is 4. The Bertz CT molecular complexity index is 1090. The molecule has 2 heterocycles. The smallest absolute Gasteiger partial charge is 0.349 e. The maximum atomic E-state index is 13.0. The van der Waals surface area contributed by atoms with Crippen molar-refractivity contribution in [2.75, 3.05) is 33.3 Å². The largest absolute Gasteiger partial charge is 0.493 e. The van der Waals surface area contributed by atoms with Gasteiger partial charge >= 0.3 is 5.63 Å². The Morgan fingerprint density at radius 3 is 2.59 bits per heavy atom. The van der Waals surface area contributed by atoms with Crippen LogP contribution in [0.1, 0.15) is 15.9 Å². The molecule has 150 valence electrons. The highest BCUT2D eigenvalue weighted by Gasteiger charge is 2.27. The number of piperazine rings is 1. The molecule has 1 aliphatic rings. The molecule has 0 atom stereocenters. The molecule has 4 rings (SSSR count). The number of halogens is 1. The van der Waals surface area contributed by atoms with Crippen molar-refractivity contribution in [1.82, 2.24) is 4.90 Å². The molecule has 6 nitrogen and oxygen atoms in total. The zero-order chi connectivity index (χ0) is 20.4. The van der Waals surface area contributed by atoms with Gasteiger partial charge in [0.05, 0.1) is 33.3 Å². The highest BCUT2D eigenvalue weighted by Crippen LogP contribution is 2.29. The predicted octanol–water partition coefficient (Wildman–Crippen LogP) is 2.10. The Labute approximate surface area is 176 Å². The van der Waals surface area contributed by atoms with E-state index in [0.717, 1.165) is 24.1 Å². The number of carbonyl (C=O) groups excluding carboxylic acids is 1. The Balaban J connectivity index is 1.51. The summed E-state index contributed by atoms with van der Waals surface area (Å²) in [5.41, 5.74) is 1.05. The van der Waals surface area contributed by atoms with E-state index in [1.165, 1.54) is 17.6 Å². The fourth-order valence-corrected chi connectivity index (χ4v) is 4.18. The van der Waals surface area contributed by atoms with Gasteiger partial charge in [0.2, 0.25) is 0 Å². The summed E-state index contributed by atoms with van der Waals surface area (Å²) in [7, 11) is 1.51. The van der Waals surface area contributed by atoms with Crippen molar-refractivity contribution in [2.45, 2.75) is 6.54 Å². The fourth-order valence-electron chi connectivity index (χ4n) is 3.73. The van der Waals surface area contributed by atoms with Crippen molar-refractivity contribution in [3.05, 3.63) is 74.6 Å². The summed E-state index contributed by atoms with van der Waals surface area (Å²) >= 11 is 3.42. The number of methoxy groups -OCH3 is 1. The van der Waals surface area contributed by atoms with E-state index in [-0.39, 0.29) is 11.5 Å². The van der Waals surface area contributed by atoms with Gasteiger partial charge in [-0.2, -0.15) is 0 Å². The van der Waals surface area contributed by atoms with E-state index in [1.807, 2.05) is 18.2 Å². The summed E-state index contributed by atoms with van der Waals surface area (Å²) in [4.78, 5) is 28.6. The molecule has 0 saturated carbocycles. The molecule has 1 saturated heterocycles. The molecule has 2 aromatic carbocycles. The number of fused-ring (bicyclic) bond motifs is 1. The first-order chi connectivity index (χ1) is 14.0. The zero-order valence-corrected chi connectivity index (χ0v) is 17.7. The Morgan fingerprint density at radius 1 is 1.17 bits per heavy atom. The summed E-state index contributed by atoms with van der Waals surface area (Å²) < 4.78 is 11.5. The topological polar surface area (TPSA) is 64.2 Å². The minimum atomic E-state index is -0.637. The lowest BCUT2D eigenvalue weighted by atomic mass is 10.1. The average Bonchev–Trinajstić information content (AvgIpc) is 2.74. The third kappa shape index (κ3) is 4.21.